The Morgan fingerprint density at radius 1 is 1.44 bits per heavy atom. The van der Waals surface area contributed by atoms with Crippen molar-refractivity contribution in [2.45, 2.75) is 45.3 Å². The molecule has 0 bridgehead atoms. The zero-order valence-electron chi connectivity index (χ0n) is 11.2. The third-order valence-corrected chi connectivity index (χ3v) is 3.69. The Morgan fingerprint density at radius 3 is 2.61 bits per heavy atom. The third-order valence-electron chi connectivity index (χ3n) is 3.40. The van der Waals surface area contributed by atoms with Crippen molar-refractivity contribution < 1.29 is 9.13 Å². The average molecular weight is 274 g/mol. The summed E-state index contributed by atoms with van der Waals surface area (Å²) in [5.41, 5.74) is 6.77. The highest BCUT2D eigenvalue weighted by molar-refractivity contribution is 6.30. The molecule has 102 valence electrons. The zero-order chi connectivity index (χ0) is 13.8. The topological polar surface area (TPSA) is 35.2 Å². The predicted octanol–water partition coefficient (Wildman–Crippen LogP) is 3.55. The van der Waals surface area contributed by atoms with E-state index in [0.717, 1.165) is 12.0 Å². The van der Waals surface area contributed by atoms with E-state index in [2.05, 4.69) is 0 Å². The Balaban J connectivity index is 2.79. The van der Waals surface area contributed by atoms with E-state index in [1.165, 1.54) is 6.07 Å². The van der Waals surface area contributed by atoms with Gasteiger partial charge >= 0.3 is 0 Å². The maximum absolute atomic E-state index is 13.1. The summed E-state index contributed by atoms with van der Waals surface area (Å²) in [5, 5.41) is 0.134. The highest BCUT2D eigenvalue weighted by atomic mass is 35.5. The normalized spacial score (nSPS) is 16.3. The molecule has 2 unspecified atom stereocenters. The molecule has 2 nitrogen and oxygen atoms in total. The van der Waals surface area contributed by atoms with Crippen LogP contribution in [0.25, 0.3) is 0 Å². The van der Waals surface area contributed by atoms with Crippen LogP contribution < -0.4 is 5.73 Å². The lowest BCUT2D eigenvalue weighted by Crippen LogP contribution is -2.48. The van der Waals surface area contributed by atoms with E-state index < -0.39 is 5.82 Å². The molecule has 0 saturated carbocycles. The molecule has 0 amide bonds. The third kappa shape index (κ3) is 3.67. The van der Waals surface area contributed by atoms with Crippen LogP contribution in [0.4, 0.5) is 4.39 Å². The molecule has 2 N–H and O–H groups in total. The first-order chi connectivity index (χ1) is 8.42. The molecule has 0 aliphatic carbocycles. The smallest absolute Gasteiger partial charge is 0.141 e. The number of halogens is 2. The van der Waals surface area contributed by atoms with E-state index >= 15 is 0 Å². The van der Waals surface area contributed by atoms with Gasteiger partial charge in [0.2, 0.25) is 0 Å². The maximum Gasteiger partial charge on any atom is 0.141 e. The van der Waals surface area contributed by atoms with Crippen molar-refractivity contribution in [1.29, 1.82) is 0 Å². The summed E-state index contributed by atoms with van der Waals surface area (Å²) < 4.78 is 18.8. The number of hydrogen-bond donors (Lipinski definition) is 1. The molecule has 0 saturated heterocycles. The van der Waals surface area contributed by atoms with E-state index in [1.807, 2.05) is 20.8 Å². The van der Waals surface area contributed by atoms with Gasteiger partial charge in [-0.15, -0.1) is 0 Å². The molecule has 1 aromatic carbocycles. The summed E-state index contributed by atoms with van der Waals surface area (Å²) in [7, 11) is 0. The Hall–Kier alpha value is -0.640. The average Bonchev–Trinajstić information content (AvgIpc) is 2.34. The number of rotatable bonds is 6. The van der Waals surface area contributed by atoms with E-state index in [9.17, 15) is 4.39 Å². The van der Waals surface area contributed by atoms with Gasteiger partial charge in [0.1, 0.15) is 5.82 Å². The first-order valence-corrected chi connectivity index (χ1v) is 6.64. The minimum absolute atomic E-state index is 0.134. The van der Waals surface area contributed by atoms with Gasteiger partial charge in [-0.25, -0.2) is 4.39 Å². The fraction of sp³-hybridized carbons (Fsp3) is 0.571. The van der Waals surface area contributed by atoms with Crippen molar-refractivity contribution in [2.24, 2.45) is 5.73 Å². The Morgan fingerprint density at radius 2 is 2.11 bits per heavy atom. The van der Waals surface area contributed by atoms with Crippen molar-refractivity contribution in [2.75, 3.05) is 6.61 Å². The molecular weight excluding hydrogens is 253 g/mol. The van der Waals surface area contributed by atoms with Gasteiger partial charge in [0, 0.05) is 12.6 Å². The van der Waals surface area contributed by atoms with Crippen LogP contribution in [-0.2, 0) is 11.2 Å². The summed E-state index contributed by atoms with van der Waals surface area (Å²) in [6.45, 7) is 6.64. The largest absolute Gasteiger partial charge is 0.374 e. The molecule has 0 fully saturated rings. The molecule has 0 aliphatic rings. The second kappa shape index (κ2) is 6.50. The van der Waals surface area contributed by atoms with Gasteiger partial charge in [0.15, 0.2) is 0 Å². The minimum Gasteiger partial charge on any atom is -0.374 e. The minimum atomic E-state index is -0.406. The van der Waals surface area contributed by atoms with Gasteiger partial charge in [-0.2, -0.15) is 0 Å². The molecule has 1 rings (SSSR count). The van der Waals surface area contributed by atoms with Gasteiger partial charge in [0.25, 0.3) is 0 Å². The summed E-state index contributed by atoms with van der Waals surface area (Å²) in [6, 6.07) is 4.56. The standard InChI is InChI=1S/C14H21ClFNO/c1-4-14(3,18-5-2)13(17)9-10-6-7-12(16)11(15)8-10/h6-8,13H,4-5,9,17H2,1-3H3. The van der Waals surface area contributed by atoms with Crippen LogP contribution in [0.5, 0.6) is 0 Å². The SMILES string of the molecule is CCOC(C)(CC)C(N)Cc1ccc(F)c(Cl)c1. The second-order valence-electron chi connectivity index (χ2n) is 4.66. The summed E-state index contributed by atoms with van der Waals surface area (Å²) in [5.74, 6) is -0.406. The number of nitrogens with two attached hydrogens (primary N) is 1. The van der Waals surface area contributed by atoms with Crippen molar-refractivity contribution in [3.8, 4) is 0 Å². The fourth-order valence-corrected chi connectivity index (χ4v) is 2.14. The van der Waals surface area contributed by atoms with Crippen molar-refractivity contribution in [1.82, 2.24) is 0 Å². The number of hydrogen-bond acceptors (Lipinski definition) is 2. The monoisotopic (exact) mass is 273 g/mol. The van der Waals surface area contributed by atoms with E-state index in [1.54, 1.807) is 12.1 Å². The lowest BCUT2D eigenvalue weighted by molar-refractivity contribution is -0.0461. The molecule has 0 aliphatic heterocycles. The van der Waals surface area contributed by atoms with Crippen LogP contribution in [-0.4, -0.2) is 18.2 Å². The van der Waals surface area contributed by atoms with Crippen molar-refractivity contribution in [3.63, 3.8) is 0 Å². The van der Waals surface area contributed by atoms with Gasteiger partial charge in [-0.05, 0) is 44.4 Å². The molecule has 18 heavy (non-hydrogen) atoms. The fourth-order valence-electron chi connectivity index (χ4n) is 1.94. The van der Waals surface area contributed by atoms with Crippen molar-refractivity contribution in [3.05, 3.63) is 34.6 Å². The van der Waals surface area contributed by atoms with Crippen LogP contribution in [0.1, 0.15) is 32.8 Å². The first kappa shape index (κ1) is 15.4. The van der Waals surface area contributed by atoms with Crippen molar-refractivity contribution >= 4 is 11.6 Å². The van der Waals surface area contributed by atoms with Gasteiger partial charge in [0.05, 0.1) is 10.6 Å². The van der Waals surface area contributed by atoms with Crippen LogP contribution >= 0.6 is 11.6 Å². The Labute approximate surface area is 113 Å². The summed E-state index contributed by atoms with van der Waals surface area (Å²) >= 11 is 5.76. The van der Waals surface area contributed by atoms with Crippen LogP contribution in [0.2, 0.25) is 5.02 Å². The first-order valence-electron chi connectivity index (χ1n) is 6.26. The van der Waals surface area contributed by atoms with Gasteiger partial charge in [-0.3, -0.25) is 0 Å². The highest BCUT2D eigenvalue weighted by Gasteiger charge is 2.30. The molecule has 0 heterocycles. The summed E-state index contributed by atoms with van der Waals surface area (Å²) in [4.78, 5) is 0. The zero-order valence-corrected chi connectivity index (χ0v) is 11.9. The number of ether oxygens (including phenoxy) is 1. The van der Waals surface area contributed by atoms with Gasteiger partial charge < -0.3 is 10.5 Å². The van der Waals surface area contributed by atoms with E-state index in [0.29, 0.717) is 13.0 Å². The summed E-state index contributed by atoms with van der Waals surface area (Å²) in [6.07, 6.45) is 1.45. The van der Waals surface area contributed by atoms with Crippen LogP contribution in [0.3, 0.4) is 0 Å². The molecule has 0 radical (unpaired) electrons. The molecule has 0 spiro atoms. The van der Waals surface area contributed by atoms with E-state index in [-0.39, 0.29) is 16.7 Å². The molecule has 4 heteroatoms. The lowest BCUT2D eigenvalue weighted by atomic mass is 9.89. The predicted molar refractivity (Wildman–Crippen MR) is 73.4 cm³/mol. The number of benzene rings is 1. The van der Waals surface area contributed by atoms with Crippen LogP contribution in [0.15, 0.2) is 18.2 Å². The van der Waals surface area contributed by atoms with Gasteiger partial charge in [-0.1, -0.05) is 24.6 Å². The Kier molecular flexibility index (Phi) is 5.57. The van der Waals surface area contributed by atoms with Crippen LogP contribution in [0, 0.1) is 5.82 Å². The Bertz CT molecular complexity index is 399. The molecule has 2 atom stereocenters. The molecule has 0 aromatic heterocycles. The lowest BCUT2D eigenvalue weighted by Gasteiger charge is -2.34. The second-order valence-corrected chi connectivity index (χ2v) is 5.07. The molecular formula is C14H21ClFNO. The maximum atomic E-state index is 13.1. The van der Waals surface area contributed by atoms with E-state index in [4.69, 9.17) is 22.1 Å². The quantitative estimate of drug-likeness (QED) is 0.860. The molecule has 1 aromatic rings. The highest BCUT2D eigenvalue weighted by Crippen LogP contribution is 2.23.